The minimum absolute atomic E-state index is 0.229. The van der Waals surface area contributed by atoms with Crippen LogP contribution in [0.1, 0.15) is 29.5 Å². The Morgan fingerprint density at radius 2 is 1.86 bits per heavy atom. The summed E-state index contributed by atoms with van der Waals surface area (Å²) in [6.45, 7) is 6.07. The van der Waals surface area contributed by atoms with Crippen molar-refractivity contribution in [2.75, 3.05) is 33.4 Å². The van der Waals surface area contributed by atoms with Gasteiger partial charge in [-0.25, -0.2) is 4.39 Å². The lowest BCUT2D eigenvalue weighted by atomic mass is 10.1. The number of hydrogen-bond donors (Lipinski definition) is 2. The van der Waals surface area contributed by atoms with Crippen LogP contribution in [0.3, 0.4) is 0 Å². The molecule has 1 saturated heterocycles. The summed E-state index contributed by atoms with van der Waals surface area (Å²) in [5.41, 5.74) is 2.95. The highest BCUT2D eigenvalue weighted by Gasteiger charge is 2.17. The molecule has 29 heavy (non-hydrogen) atoms. The summed E-state index contributed by atoms with van der Waals surface area (Å²) < 4.78 is 24.7. The van der Waals surface area contributed by atoms with E-state index in [2.05, 4.69) is 10.2 Å². The van der Waals surface area contributed by atoms with Crippen LogP contribution >= 0.6 is 0 Å². The lowest BCUT2D eigenvalue weighted by Crippen LogP contribution is -2.33. The van der Waals surface area contributed by atoms with Crippen molar-refractivity contribution in [3.8, 4) is 11.5 Å². The van der Waals surface area contributed by atoms with Crippen LogP contribution in [0.5, 0.6) is 11.5 Å². The highest BCUT2D eigenvalue weighted by molar-refractivity contribution is 5.41. The molecule has 0 radical (unpaired) electrons. The molecule has 1 heterocycles. The molecule has 1 fully saturated rings. The molecular formula is C23H31FN2O3. The second-order valence-electron chi connectivity index (χ2n) is 7.62. The summed E-state index contributed by atoms with van der Waals surface area (Å²) >= 11 is 0. The number of ether oxygens (including phenoxy) is 2. The van der Waals surface area contributed by atoms with Gasteiger partial charge in [0.15, 0.2) is 0 Å². The van der Waals surface area contributed by atoms with Gasteiger partial charge in [0.25, 0.3) is 0 Å². The van der Waals surface area contributed by atoms with Crippen LogP contribution in [0.2, 0.25) is 0 Å². The van der Waals surface area contributed by atoms with E-state index >= 15 is 0 Å². The van der Waals surface area contributed by atoms with Gasteiger partial charge in [-0.15, -0.1) is 0 Å². The number of rotatable bonds is 10. The molecule has 0 aliphatic carbocycles. The molecule has 0 bridgehead atoms. The average molecular weight is 403 g/mol. The van der Waals surface area contributed by atoms with Crippen molar-refractivity contribution in [3.05, 3.63) is 58.9 Å². The number of aryl methyl sites for hydroxylation is 1. The number of hydrogen-bond acceptors (Lipinski definition) is 5. The van der Waals surface area contributed by atoms with Crippen LogP contribution in [-0.2, 0) is 13.1 Å². The largest absolute Gasteiger partial charge is 0.497 e. The number of methoxy groups -OCH3 is 1. The Kier molecular flexibility index (Phi) is 7.86. The van der Waals surface area contributed by atoms with E-state index in [1.54, 1.807) is 19.2 Å². The van der Waals surface area contributed by atoms with Crippen molar-refractivity contribution in [1.82, 2.24) is 10.2 Å². The fraction of sp³-hybridized carbons (Fsp3) is 0.478. The number of β-amino-alcohol motifs (C(OH)–C–C–N with tert-alkyl or cyclic N) is 1. The number of aliphatic hydroxyl groups is 1. The van der Waals surface area contributed by atoms with Crippen LogP contribution < -0.4 is 14.8 Å². The van der Waals surface area contributed by atoms with Crippen molar-refractivity contribution >= 4 is 0 Å². The van der Waals surface area contributed by atoms with Gasteiger partial charge in [0, 0.05) is 31.3 Å². The summed E-state index contributed by atoms with van der Waals surface area (Å²) in [4.78, 5) is 2.27. The highest BCUT2D eigenvalue weighted by atomic mass is 19.1. The first-order valence-electron chi connectivity index (χ1n) is 10.2. The molecule has 1 atom stereocenters. The Balaban J connectivity index is 1.58. The molecule has 0 amide bonds. The van der Waals surface area contributed by atoms with E-state index in [0.717, 1.165) is 29.8 Å². The minimum Gasteiger partial charge on any atom is -0.497 e. The third-order valence-electron chi connectivity index (χ3n) is 5.32. The standard InChI is InChI=1S/C23H31FN2O3/c1-17-5-7-20(24)11-19(17)14-25-13-18-6-8-22(28-2)12-23(18)29-16-21(27)15-26-9-3-4-10-26/h5-8,11-12,21,25,27H,3-4,9-10,13-16H2,1-2H3. The van der Waals surface area contributed by atoms with E-state index in [-0.39, 0.29) is 12.4 Å². The first-order chi connectivity index (χ1) is 14.0. The molecule has 0 aromatic heterocycles. The maximum absolute atomic E-state index is 13.5. The predicted molar refractivity (Wildman–Crippen MR) is 112 cm³/mol. The highest BCUT2D eigenvalue weighted by Crippen LogP contribution is 2.25. The number of nitrogens with zero attached hydrogens (tertiary/aromatic N) is 1. The fourth-order valence-corrected chi connectivity index (χ4v) is 3.61. The van der Waals surface area contributed by atoms with Gasteiger partial charge < -0.3 is 24.8 Å². The maximum Gasteiger partial charge on any atom is 0.127 e. The summed E-state index contributed by atoms with van der Waals surface area (Å²) in [5.74, 6) is 1.17. The van der Waals surface area contributed by atoms with Gasteiger partial charge in [-0.05, 0) is 62.2 Å². The number of benzene rings is 2. The Morgan fingerprint density at radius 3 is 2.62 bits per heavy atom. The lowest BCUT2D eigenvalue weighted by molar-refractivity contribution is 0.0753. The van der Waals surface area contributed by atoms with E-state index in [4.69, 9.17) is 9.47 Å². The zero-order valence-electron chi connectivity index (χ0n) is 17.3. The average Bonchev–Trinajstić information content (AvgIpc) is 3.22. The van der Waals surface area contributed by atoms with Gasteiger partial charge in [-0.1, -0.05) is 12.1 Å². The molecule has 3 rings (SSSR count). The Hall–Kier alpha value is -2.15. The second-order valence-corrected chi connectivity index (χ2v) is 7.62. The monoisotopic (exact) mass is 402 g/mol. The first-order valence-corrected chi connectivity index (χ1v) is 10.2. The summed E-state index contributed by atoms with van der Waals surface area (Å²) in [6.07, 6.45) is 1.86. The Morgan fingerprint density at radius 1 is 1.10 bits per heavy atom. The van der Waals surface area contributed by atoms with Gasteiger partial charge in [0.1, 0.15) is 30.0 Å². The van der Waals surface area contributed by atoms with Crippen molar-refractivity contribution < 1.29 is 19.0 Å². The zero-order valence-corrected chi connectivity index (χ0v) is 17.3. The molecule has 158 valence electrons. The third-order valence-corrected chi connectivity index (χ3v) is 5.32. The normalized spacial score (nSPS) is 15.4. The van der Waals surface area contributed by atoms with Gasteiger partial charge in [0.2, 0.25) is 0 Å². The molecule has 2 N–H and O–H groups in total. The maximum atomic E-state index is 13.5. The van der Waals surface area contributed by atoms with Crippen molar-refractivity contribution in [1.29, 1.82) is 0 Å². The van der Waals surface area contributed by atoms with E-state index in [1.807, 2.05) is 25.1 Å². The molecule has 0 spiro atoms. The van der Waals surface area contributed by atoms with Gasteiger partial charge in [-0.2, -0.15) is 0 Å². The Bertz CT molecular complexity index is 794. The predicted octanol–water partition coefficient (Wildman–Crippen LogP) is 3.27. The molecule has 6 heteroatoms. The molecule has 2 aromatic carbocycles. The van der Waals surface area contributed by atoms with E-state index in [0.29, 0.717) is 31.1 Å². The fourth-order valence-electron chi connectivity index (χ4n) is 3.61. The van der Waals surface area contributed by atoms with Crippen LogP contribution in [0.25, 0.3) is 0 Å². The van der Waals surface area contributed by atoms with Crippen LogP contribution in [0.4, 0.5) is 4.39 Å². The van der Waals surface area contributed by atoms with E-state index in [1.165, 1.54) is 18.9 Å². The Labute approximate surface area is 172 Å². The lowest BCUT2D eigenvalue weighted by Gasteiger charge is -2.20. The van der Waals surface area contributed by atoms with Gasteiger partial charge >= 0.3 is 0 Å². The van der Waals surface area contributed by atoms with Crippen LogP contribution in [0, 0.1) is 12.7 Å². The van der Waals surface area contributed by atoms with Crippen molar-refractivity contribution in [2.24, 2.45) is 0 Å². The number of likely N-dealkylation sites (tertiary alicyclic amines) is 1. The van der Waals surface area contributed by atoms with E-state index in [9.17, 15) is 9.50 Å². The van der Waals surface area contributed by atoms with Gasteiger partial charge in [0.05, 0.1) is 7.11 Å². The quantitative estimate of drug-likeness (QED) is 0.639. The molecule has 2 aromatic rings. The third kappa shape index (κ3) is 6.42. The van der Waals surface area contributed by atoms with Crippen molar-refractivity contribution in [3.63, 3.8) is 0 Å². The number of nitrogens with one attached hydrogen (secondary N) is 1. The molecular weight excluding hydrogens is 371 g/mol. The number of halogens is 1. The minimum atomic E-state index is -0.532. The summed E-state index contributed by atoms with van der Waals surface area (Å²) in [7, 11) is 1.62. The van der Waals surface area contributed by atoms with E-state index < -0.39 is 6.10 Å². The summed E-state index contributed by atoms with van der Waals surface area (Å²) in [6, 6.07) is 10.5. The molecule has 5 nitrogen and oxygen atoms in total. The molecule has 1 aliphatic rings. The summed E-state index contributed by atoms with van der Waals surface area (Å²) in [5, 5.41) is 13.7. The van der Waals surface area contributed by atoms with Crippen LogP contribution in [0.15, 0.2) is 36.4 Å². The number of aliphatic hydroxyl groups excluding tert-OH is 1. The smallest absolute Gasteiger partial charge is 0.127 e. The molecule has 1 unspecified atom stereocenters. The van der Waals surface area contributed by atoms with Gasteiger partial charge in [-0.3, -0.25) is 0 Å². The topological polar surface area (TPSA) is 54.0 Å². The van der Waals surface area contributed by atoms with Crippen LogP contribution in [-0.4, -0.2) is 49.5 Å². The first kappa shape index (κ1) is 21.6. The zero-order chi connectivity index (χ0) is 20.6. The van der Waals surface area contributed by atoms with Crippen molar-refractivity contribution in [2.45, 2.75) is 39.0 Å². The second kappa shape index (κ2) is 10.6. The molecule has 0 saturated carbocycles. The SMILES string of the molecule is COc1ccc(CNCc2cc(F)ccc2C)c(OCC(O)CN2CCCC2)c1. The molecule has 1 aliphatic heterocycles.